The molecule has 3 N–H and O–H groups in total. The lowest BCUT2D eigenvalue weighted by Crippen LogP contribution is -2.35. The van der Waals surface area contributed by atoms with Crippen LogP contribution in [0, 0.1) is 0 Å². The number of pyridine rings is 1. The molecule has 1 rings (SSSR count). The molecule has 1 aromatic rings. The Kier molecular flexibility index (Phi) is 5.78. The standard InChI is InChI=1S/C13H18ClN3O4/c1-13(2,3)21-12(20)16-5-4-15-10-7-8(11(18)19)6-9(14)17-10/h6-7H,4-5H2,1-3H3,(H,15,17)(H,16,20)(H,18,19). The van der Waals surface area contributed by atoms with E-state index in [0.717, 1.165) is 0 Å². The summed E-state index contributed by atoms with van der Waals surface area (Å²) >= 11 is 5.73. The maximum absolute atomic E-state index is 11.4. The molecule has 0 radical (unpaired) electrons. The second kappa shape index (κ2) is 7.12. The molecule has 0 bridgehead atoms. The number of carboxylic acids is 1. The molecule has 0 aliphatic rings. The topological polar surface area (TPSA) is 101 Å². The van der Waals surface area contributed by atoms with Gasteiger partial charge in [-0.1, -0.05) is 11.6 Å². The zero-order valence-electron chi connectivity index (χ0n) is 12.1. The van der Waals surface area contributed by atoms with E-state index in [1.165, 1.54) is 12.1 Å². The number of aromatic nitrogens is 1. The van der Waals surface area contributed by atoms with Gasteiger partial charge in [-0.15, -0.1) is 0 Å². The molecule has 8 heteroatoms. The minimum atomic E-state index is -1.09. The predicted octanol–water partition coefficient (Wildman–Crippen LogP) is 2.37. The molecule has 7 nitrogen and oxygen atoms in total. The smallest absolute Gasteiger partial charge is 0.407 e. The highest BCUT2D eigenvalue weighted by molar-refractivity contribution is 6.29. The fourth-order valence-electron chi connectivity index (χ4n) is 1.38. The van der Waals surface area contributed by atoms with Gasteiger partial charge in [-0.05, 0) is 32.9 Å². The molecule has 0 saturated carbocycles. The highest BCUT2D eigenvalue weighted by atomic mass is 35.5. The lowest BCUT2D eigenvalue weighted by Gasteiger charge is -2.19. The van der Waals surface area contributed by atoms with Crippen LogP contribution in [-0.2, 0) is 4.74 Å². The molecular formula is C13H18ClN3O4. The summed E-state index contributed by atoms with van der Waals surface area (Å²) in [6.45, 7) is 5.97. The number of nitrogens with zero attached hydrogens (tertiary/aromatic N) is 1. The minimum Gasteiger partial charge on any atom is -0.478 e. The number of carbonyl (C=O) groups excluding carboxylic acids is 1. The van der Waals surface area contributed by atoms with Gasteiger partial charge in [0, 0.05) is 13.1 Å². The number of alkyl carbamates (subject to hydrolysis) is 1. The van der Waals surface area contributed by atoms with Gasteiger partial charge in [0.25, 0.3) is 0 Å². The van der Waals surface area contributed by atoms with Crippen LogP contribution in [0.4, 0.5) is 10.6 Å². The van der Waals surface area contributed by atoms with E-state index in [0.29, 0.717) is 18.9 Å². The van der Waals surface area contributed by atoms with E-state index < -0.39 is 17.7 Å². The lowest BCUT2D eigenvalue weighted by atomic mass is 10.2. The number of amides is 1. The van der Waals surface area contributed by atoms with Crippen molar-refractivity contribution in [2.24, 2.45) is 0 Å². The third-order valence-electron chi connectivity index (χ3n) is 2.14. The Bertz CT molecular complexity index is 529. The normalized spacial score (nSPS) is 10.9. The molecule has 0 unspecified atom stereocenters. The van der Waals surface area contributed by atoms with E-state index in [4.69, 9.17) is 21.4 Å². The molecule has 0 aliphatic heterocycles. The first-order valence-corrected chi connectivity index (χ1v) is 6.67. The number of ether oxygens (including phenoxy) is 1. The molecule has 0 aromatic carbocycles. The third-order valence-corrected chi connectivity index (χ3v) is 2.33. The van der Waals surface area contributed by atoms with Crippen LogP contribution in [0.25, 0.3) is 0 Å². The maximum Gasteiger partial charge on any atom is 0.407 e. The average Bonchev–Trinajstić information content (AvgIpc) is 2.31. The second-order valence-electron chi connectivity index (χ2n) is 5.22. The summed E-state index contributed by atoms with van der Waals surface area (Å²) in [6, 6.07) is 2.62. The fourth-order valence-corrected chi connectivity index (χ4v) is 1.59. The monoisotopic (exact) mass is 315 g/mol. The van der Waals surface area contributed by atoms with Crippen molar-refractivity contribution in [3.05, 3.63) is 22.8 Å². The summed E-state index contributed by atoms with van der Waals surface area (Å²) in [4.78, 5) is 26.2. The predicted molar refractivity (Wildman–Crippen MR) is 78.9 cm³/mol. The summed E-state index contributed by atoms with van der Waals surface area (Å²) in [5, 5.41) is 14.4. The Labute approximate surface area is 127 Å². The minimum absolute atomic E-state index is 0.0394. The number of carboxylic acid groups (broad SMARTS) is 1. The van der Waals surface area contributed by atoms with E-state index in [2.05, 4.69) is 15.6 Å². The van der Waals surface area contributed by atoms with Gasteiger partial charge < -0.3 is 20.5 Å². The number of aromatic carboxylic acids is 1. The molecule has 0 aliphatic carbocycles. The van der Waals surface area contributed by atoms with Crippen LogP contribution in [0.1, 0.15) is 31.1 Å². The Morgan fingerprint density at radius 1 is 1.33 bits per heavy atom. The molecule has 0 atom stereocenters. The summed E-state index contributed by atoms with van der Waals surface area (Å²) in [5.74, 6) is -0.764. The zero-order chi connectivity index (χ0) is 16.0. The number of carbonyl (C=O) groups is 2. The molecule has 0 fully saturated rings. The van der Waals surface area contributed by atoms with Crippen molar-refractivity contribution in [1.82, 2.24) is 10.3 Å². The van der Waals surface area contributed by atoms with Crippen molar-refractivity contribution in [1.29, 1.82) is 0 Å². The summed E-state index contributed by atoms with van der Waals surface area (Å²) in [7, 11) is 0. The number of halogens is 1. The Morgan fingerprint density at radius 2 is 2.00 bits per heavy atom. The molecule has 1 heterocycles. The lowest BCUT2D eigenvalue weighted by molar-refractivity contribution is 0.0529. The van der Waals surface area contributed by atoms with E-state index in [-0.39, 0.29) is 10.7 Å². The molecule has 1 aromatic heterocycles. The summed E-state index contributed by atoms with van der Waals surface area (Å²) in [6.07, 6.45) is -0.519. The molecule has 21 heavy (non-hydrogen) atoms. The van der Waals surface area contributed by atoms with Crippen LogP contribution in [0.3, 0.4) is 0 Å². The van der Waals surface area contributed by atoms with Crippen LogP contribution >= 0.6 is 11.6 Å². The van der Waals surface area contributed by atoms with Gasteiger partial charge in [-0.3, -0.25) is 0 Å². The third kappa shape index (κ3) is 6.80. The number of hydrogen-bond acceptors (Lipinski definition) is 5. The Hall–Kier alpha value is -2.02. The summed E-state index contributed by atoms with van der Waals surface area (Å²) in [5.41, 5.74) is -0.514. The number of nitrogens with one attached hydrogen (secondary N) is 2. The van der Waals surface area contributed by atoms with Gasteiger partial charge >= 0.3 is 12.1 Å². The van der Waals surface area contributed by atoms with Gasteiger partial charge in [0.1, 0.15) is 16.6 Å². The van der Waals surface area contributed by atoms with Crippen LogP contribution in [0.2, 0.25) is 5.15 Å². The van der Waals surface area contributed by atoms with Crippen molar-refractivity contribution in [2.45, 2.75) is 26.4 Å². The van der Waals surface area contributed by atoms with Gasteiger partial charge in [0.05, 0.1) is 5.56 Å². The Balaban J connectivity index is 2.43. The molecule has 116 valence electrons. The SMILES string of the molecule is CC(C)(C)OC(=O)NCCNc1cc(C(=O)O)cc(Cl)n1. The molecular weight excluding hydrogens is 298 g/mol. The van der Waals surface area contributed by atoms with Gasteiger partial charge in [0.15, 0.2) is 0 Å². The number of rotatable bonds is 5. The van der Waals surface area contributed by atoms with Crippen molar-refractivity contribution in [2.75, 3.05) is 18.4 Å². The van der Waals surface area contributed by atoms with E-state index in [9.17, 15) is 9.59 Å². The molecule has 1 amide bonds. The Morgan fingerprint density at radius 3 is 2.57 bits per heavy atom. The molecule has 0 spiro atoms. The van der Waals surface area contributed by atoms with E-state index in [1.54, 1.807) is 20.8 Å². The molecule has 0 saturated heterocycles. The van der Waals surface area contributed by atoms with Gasteiger partial charge in [0.2, 0.25) is 0 Å². The van der Waals surface area contributed by atoms with Crippen LogP contribution in [0.15, 0.2) is 12.1 Å². The second-order valence-corrected chi connectivity index (χ2v) is 5.61. The average molecular weight is 316 g/mol. The fraction of sp³-hybridized carbons (Fsp3) is 0.462. The zero-order valence-corrected chi connectivity index (χ0v) is 12.8. The quantitative estimate of drug-likeness (QED) is 0.569. The van der Waals surface area contributed by atoms with Crippen molar-refractivity contribution >= 4 is 29.5 Å². The van der Waals surface area contributed by atoms with Crippen LogP contribution in [-0.4, -0.2) is 40.8 Å². The van der Waals surface area contributed by atoms with Crippen LogP contribution < -0.4 is 10.6 Å². The van der Waals surface area contributed by atoms with Crippen molar-refractivity contribution in [3.8, 4) is 0 Å². The van der Waals surface area contributed by atoms with E-state index in [1.807, 2.05) is 0 Å². The van der Waals surface area contributed by atoms with Crippen LogP contribution in [0.5, 0.6) is 0 Å². The maximum atomic E-state index is 11.4. The van der Waals surface area contributed by atoms with Gasteiger partial charge in [-0.2, -0.15) is 0 Å². The first kappa shape index (κ1) is 17.0. The van der Waals surface area contributed by atoms with E-state index >= 15 is 0 Å². The van der Waals surface area contributed by atoms with Crippen molar-refractivity contribution in [3.63, 3.8) is 0 Å². The highest BCUT2D eigenvalue weighted by Gasteiger charge is 2.15. The highest BCUT2D eigenvalue weighted by Crippen LogP contribution is 2.14. The summed E-state index contributed by atoms with van der Waals surface area (Å²) < 4.78 is 5.07. The number of hydrogen-bond donors (Lipinski definition) is 3. The van der Waals surface area contributed by atoms with Crippen molar-refractivity contribution < 1.29 is 19.4 Å². The largest absolute Gasteiger partial charge is 0.478 e. The number of anilines is 1. The first-order valence-electron chi connectivity index (χ1n) is 6.29. The van der Waals surface area contributed by atoms with Gasteiger partial charge in [-0.25, -0.2) is 14.6 Å². The first-order chi connectivity index (χ1) is 9.67.